The first kappa shape index (κ1) is 18.4. The van der Waals surface area contributed by atoms with Gasteiger partial charge in [-0.1, -0.05) is 5.16 Å². The average Bonchev–Trinajstić information content (AvgIpc) is 3.05. The predicted octanol–water partition coefficient (Wildman–Crippen LogP) is 2.99. The molecule has 1 aromatic carbocycles. The van der Waals surface area contributed by atoms with Gasteiger partial charge in [0.1, 0.15) is 17.8 Å². The lowest BCUT2D eigenvalue weighted by molar-refractivity contribution is 0.0632. The molecule has 146 valence electrons. The van der Waals surface area contributed by atoms with Crippen LogP contribution >= 0.6 is 0 Å². The molecule has 2 aromatic heterocycles. The Balaban J connectivity index is 1.84. The summed E-state index contributed by atoms with van der Waals surface area (Å²) in [7, 11) is 0. The molecular formula is C19H17F3N4O2. The first-order valence-corrected chi connectivity index (χ1v) is 8.76. The fraction of sp³-hybridized carbons (Fsp3) is 0.316. The Morgan fingerprint density at radius 1 is 1.32 bits per heavy atom. The Morgan fingerprint density at radius 3 is 2.86 bits per heavy atom. The van der Waals surface area contributed by atoms with Crippen LogP contribution in [0, 0.1) is 18.6 Å². The molecule has 0 bridgehead atoms. The summed E-state index contributed by atoms with van der Waals surface area (Å²) >= 11 is 0. The lowest BCUT2D eigenvalue weighted by atomic mass is 10.0. The molecule has 0 spiro atoms. The number of amides is 1. The van der Waals surface area contributed by atoms with E-state index in [0.29, 0.717) is 11.1 Å². The van der Waals surface area contributed by atoms with E-state index < -0.39 is 29.8 Å². The molecule has 9 heteroatoms. The van der Waals surface area contributed by atoms with E-state index >= 15 is 0 Å². The lowest BCUT2D eigenvalue weighted by Gasteiger charge is -2.33. The zero-order valence-corrected chi connectivity index (χ0v) is 15.0. The van der Waals surface area contributed by atoms with E-state index in [1.165, 1.54) is 11.0 Å². The van der Waals surface area contributed by atoms with Crippen molar-refractivity contribution >= 4 is 17.0 Å². The number of likely N-dealkylation sites (tertiary alicyclic amines) is 1. The van der Waals surface area contributed by atoms with Gasteiger partial charge in [-0.05, 0) is 37.6 Å². The first-order valence-electron chi connectivity index (χ1n) is 8.76. The first-order chi connectivity index (χ1) is 13.3. The van der Waals surface area contributed by atoms with Gasteiger partial charge in [-0.3, -0.25) is 4.79 Å². The highest BCUT2D eigenvalue weighted by molar-refractivity contribution is 6.07. The minimum atomic E-state index is -1.17. The Labute approximate surface area is 158 Å². The van der Waals surface area contributed by atoms with E-state index in [2.05, 4.69) is 10.1 Å². The summed E-state index contributed by atoms with van der Waals surface area (Å²) in [6, 6.07) is 3.56. The number of rotatable bonds is 2. The number of aromatic nitrogens is 2. The molecule has 4 rings (SSSR count). The molecule has 0 saturated carbocycles. The quantitative estimate of drug-likeness (QED) is 0.727. The molecule has 3 aromatic rings. The van der Waals surface area contributed by atoms with Crippen molar-refractivity contribution in [2.24, 2.45) is 5.73 Å². The van der Waals surface area contributed by atoms with Gasteiger partial charge >= 0.3 is 0 Å². The van der Waals surface area contributed by atoms with E-state index in [1.807, 2.05) is 0 Å². The number of fused-ring (bicyclic) bond motifs is 1. The van der Waals surface area contributed by atoms with Crippen LogP contribution in [-0.2, 0) is 0 Å². The molecule has 2 atom stereocenters. The molecule has 6 nitrogen and oxygen atoms in total. The van der Waals surface area contributed by atoms with Gasteiger partial charge in [0.15, 0.2) is 0 Å². The number of nitrogens with zero attached hydrogens (tertiary/aromatic N) is 3. The number of hydrogen-bond donors (Lipinski definition) is 1. The van der Waals surface area contributed by atoms with E-state index in [1.54, 1.807) is 6.92 Å². The van der Waals surface area contributed by atoms with Crippen LogP contribution in [0.1, 0.15) is 22.5 Å². The third kappa shape index (κ3) is 3.11. The third-order valence-corrected chi connectivity index (χ3v) is 4.91. The van der Waals surface area contributed by atoms with Crippen molar-refractivity contribution < 1.29 is 22.5 Å². The second-order valence-corrected chi connectivity index (χ2v) is 6.85. The summed E-state index contributed by atoms with van der Waals surface area (Å²) in [6.07, 6.45) is -1.04. The number of alkyl halides is 1. The minimum Gasteiger partial charge on any atom is -0.337 e. The minimum absolute atomic E-state index is 0.0340. The molecule has 3 heterocycles. The molecule has 1 fully saturated rings. The molecular weight excluding hydrogens is 373 g/mol. The van der Waals surface area contributed by atoms with Gasteiger partial charge < -0.3 is 15.2 Å². The molecule has 0 aliphatic carbocycles. The van der Waals surface area contributed by atoms with Crippen LogP contribution in [0.5, 0.6) is 0 Å². The van der Waals surface area contributed by atoms with Gasteiger partial charge in [-0.15, -0.1) is 0 Å². The zero-order chi connectivity index (χ0) is 20.0. The highest BCUT2D eigenvalue weighted by atomic mass is 19.1. The highest BCUT2D eigenvalue weighted by Crippen LogP contribution is 2.30. The SMILES string of the molecule is Cc1noc2nc(-c3cc(F)ccc3F)cc(C(=O)N3CC[C@@H](F)[C@H](N)C3)c12. The van der Waals surface area contributed by atoms with E-state index in [4.69, 9.17) is 10.3 Å². The van der Waals surface area contributed by atoms with E-state index in [9.17, 15) is 18.0 Å². The van der Waals surface area contributed by atoms with Crippen molar-refractivity contribution in [2.45, 2.75) is 25.6 Å². The number of pyridine rings is 1. The van der Waals surface area contributed by atoms with Gasteiger partial charge in [0.05, 0.1) is 28.4 Å². The topological polar surface area (TPSA) is 85.2 Å². The smallest absolute Gasteiger partial charge is 0.259 e. The predicted molar refractivity (Wildman–Crippen MR) is 95.3 cm³/mol. The summed E-state index contributed by atoms with van der Waals surface area (Å²) in [6.45, 7) is 1.90. The van der Waals surface area contributed by atoms with Crippen molar-refractivity contribution in [3.63, 3.8) is 0 Å². The summed E-state index contributed by atoms with van der Waals surface area (Å²) in [5, 5.41) is 4.20. The highest BCUT2D eigenvalue weighted by Gasteiger charge is 2.31. The monoisotopic (exact) mass is 390 g/mol. The second kappa shape index (κ2) is 6.90. The molecule has 1 aliphatic rings. The van der Waals surface area contributed by atoms with Crippen LogP contribution in [0.2, 0.25) is 0 Å². The number of benzene rings is 1. The van der Waals surface area contributed by atoms with Gasteiger partial charge in [0, 0.05) is 18.7 Å². The number of halogens is 3. The van der Waals surface area contributed by atoms with Gasteiger partial charge in [0.2, 0.25) is 0 Å². The maximum atomic E-state index is 14.2. The van der Waals surface area contributed by atoms with Crippen molar-refractivity contribution in [1.29, 1.82) is 0 Å². The average molecular weight is 390 g/mol. The van der Waals surface area contributed by atoms with Gasteiger partial charge in [-0.25, -0.2) is 18.2 Å². The molecule has 2 N–H and O–H groups in total. The fourth-order valence-electron chi connectivity index (χ4n) is 3.40. The van der Waals surface area contributed by atoms with Crippen LogP contribution in [0.15, 0.2) is 28.8 Å². The van der Waals surface area contributed by atoms with Crippen molar-refractivity contribution in [2.75, 3.05) is 13.1 Å². The summed E-state index contributed by atoms with van der Waals surface area (Å²) in [5.74, 6) is -1.75. The van der Waals surface area contributed by atoms with Crippen LogP contribution in [0.4, 0.5) is 13.2 Å². The summed E-state index contributed by atoms with van der Waals surface area (Å²) < 4.78 is 46.7. The number of carbonyl (C=O) groups excluding carboxylic acids is 1. The zero-order valence-electron chi connectivity index (χ0n) is 15.0. The summed E-state index contributed by atoms with van der Waals surface area (Å²) in [5.41, 5.74) is 6.33. The fourth-order valence-corrected chi connectivity index (χ4v) is 3.40. The third-order valence-electron chi connectivity index (χ3n) is 4.91. The number of carbonyl (C=O) groups is 1. The van der Waals surface area contributed by atoms with Crippen LogP contribution in [0.3, 0.4) is 0 Å². The lowest BCUT2D eigenvalue weighted by Crippen LogP contribution is -2.51. The van der Waals surface area contributed by atoms with Crippen LogP contribution in [-0.4, -0.2) is 46.3 Å². The van der Waals surface area contributed by atoms with Crippen LogP contribution < -0.4 is 5.73 Å². The summed E-state index contributed by atoms with van der Waals surface area (Å²) in [4.78, 5) is 18.8. The van der Waals surface area contributed by atoms with E-state index in [-0.39, 0.29) is 42.0 Å². The Hall–Kier alpha value is -2.94. The largest absolute Gasteiger partial charge is 0.337 e. The normalized spacial score (nSPS) is 20.0. The Morgan fingerprint density at radius 2 is 2.11 bits per heavy atom. The molecule has 0 radical (unpaired) electrons. The molecule has 28 heavy (non-hydrogen) atoms. The number of aryl methyl sites for hydroxylation is 1. The Bertz CT molecular complexity index is 1070. The second-order valence-electron chi connectivity index (χ2n) is 6.85. The maximum absolute atomic E-state index is 14.2. The number of nitrogens with two attached hydrogens (primary N) is 1. The maximum Gasteiger partial charge on any atom is 0.259 e. The molecule has 0 unspecified atom stereocenters. The van der Waals surface area contributed by atoms with Crippen molar-refractivity contribution in [1.82, 2.24) is 15.0 Å². The van der Waals surface area contributed by atoms with Crippen molar-refractivity contribution in [3.05, 3.63) is 47.2 Å². The van der Waals surface area contributed by atoms with Gasteiger partial charge in [0.25, 0.3) is 11.6 Å². The molecule has 1 saturated heterocycles. The molecule has 1 amide bonds. The number of hydrogen-bond acceptors (Lipinski definition) is 5. The number of piperidine rings is 1. The Kier molecular flexibility index (Phi) is 4.54. The standard InChI is InChI=1S/C19H17F3N4O2/c1-9-17-12(19(27)26-5-4-14(22)15(23)8-26)7-16(24-18(17)28-25-9)11-6-10(20)2-3-13(11)21/h2-3,6-7,14-15H,4-5,8,23H2,1H3/t14-,15-/m1/s1. The molecule has 1 aliphatic heterocycles. The van der Waals surface area contributed by atoms with Gasteiger partial charge in [-0.2, -0.15) is 0 Å². The van der Waals surface area contributed by atoms with Crippen LogP contribution in [0.25, 0.3) is 22.4 Å². The van der Waals surface area contributed by atoms with E-state index in [0.717, 1.165) is 18.2 Å². The van der Waals surface area contributed by atoms with Crippen molar-refractivity contribution in [3.8, 4) is 11.3 Å².